The second-order valence-electron chi connectivity index (χ2n) is 6.02. The normalized spacial score (nSPS) is 20.5. The molecule has 0 bridgehead atoms. The minimum Gasteiger partial charge on any atom is -0.493 e. The maximum absolute atomic E-state index is 5.83. The second-order valence-corrected chi connectivity index (χ2v) is 6.02. The van der Waals surface area contributed by atoms with Crippen molar-refractivity contribution in [3.63, 3.8) is 0 Å². The van der Waals surface area contributed by atoms with Gasteiger partial charge in [0.15, 0.2) is 0 Å². The predicted octanol–water partition coefficient (Wildman–Crippen LogP) is 2.84. The summed E-state index contributed by atoms with van der Waals surface area (Å²) in [6.45, 7) is 0.765. The SMILES string of the molecule is c1ccc2c(c1)CC(Cc1ccc(NC3CC3)nn1)CO2. The lowest BCUT2D eigenvalue weighted by atomic mass is 9.93. The molecule has 21 heavy (non-hydrogen) atoms. The van der Waals surface area contributed by atoms with Gasteiger partial charge in [-0.1, -0.05) is 18.2 Å². The van der Waals surface area contributed by atoms with Gasteiger partial charge < -0.3 is 10.1 Å². The highest BCUT2D eigenvalue weighted by atomic mass is 16.5. The van der Waals surface area contributed by atoms with E-state index in [4.69, 9.17) is 4.74 Å². The van der Waals surface area contributed by atoms with Gasteiger partial charge in [0.25, 0.3) is 0 Å². The van der Waals surface area contributed by atoms with Crippen LogP contribution in [0.5, 0.6) is 5.75 Å². The molecule has 4 rings (SSSR count). The molecule has 0 amide bonds. The summed E-state index contributed by atoms with van der Waals surface area (Å²) in [6.07, 6.45) is 4.48. The molecule has 1 aromatic heterocycles. The van der Waals surface area contributed by atoms with Crippen LogP contribution in [0.15, 0.2) is 36.4 Å². The zero-order valence-electron chi connectivity index (χ0n) is 12.0. The van der Waals surface area contributed by atoms with E-state index < -0.39 is 0 Å². The maximum Gasteiger partial charge on any atom is 0.148 e. The fourth-order valence-corrected chi connectivity index (χ4v) is 2.80. The van der Waals surface area contributed by atoms with E-state index in [9.17, 15) is 0 Å². The Morgan fingerprint density at radius 2 is 2.00 bits per heavy atom. The molecule has 1 fully saturated rings. The van der Waals surface area contributed by atoms with Gasteiger partial charge in [0.1, 0.15) is 11.6 Å². The number of hydrogen-bond acceptors (Lipinski definition) is 4. The van der Waals surface area contributed by atoms with Crippen LogP contribution in [0.25, 0.3) is 0 Å². The molecular weight excluding hydrogens is 262 g/mol. The van der Waals surface area contributed by atoms with Crippen molar-refractivity contribution in [2.24, 2.45) is 5.92 Å². The van der Waals surface area contributed by atoms with E-state index in [2.05, 4.69) is 33.7 Å². The molecule has 1 aromatic carbocycles. The van der Waals surface area contributed by atoms with Crippen LogP contribution in [0, 0.1) is 5.92 Å². The summed E-state index contributed by atoms with van der Waals surface area (Å²) in [7, 11) is 0. The number of aromatic nitrogens is 2. The summed E-state index contributed by atoms with van der Waals surface area (Å²) in [5.41, 5.74) is 2.35. The topological polar surface area (TPSA) is 47.0 Å². The first-order chi connectivity index (χ1) is 10.4. The highest BCUT2D eigenvalue weighted by Crippen LogP contribution is 2.28. The first-order valence-electron chi connectivity index (χ1n) is 7.67. The van der Waals surface area contributed by atoms with E-state index in [0.717, 1.165) is 36.7 Å². The number of nitrogens with zero attached hydrogens (tertiary/aromatic N) is 2. The van der Waals surface area contributed by atoms with Gasteiger partial charge in [-0.05, 0) is 49.4 Å². The molecule has 1 aliphatic heterocycles. The van der Waals surface area contributed by atoms with Crippen LogP contribution in [0.4, 0.5) is 5.82 Å². The molecule has 2 aliphatic rings. The lowest BCUT2D eigenvalue weighted by Crippen LogP contribution is -2.23. The first-order valence-corrected chi connectivity index (χ1v) is 7.67. The molecule has 0 spiro atoms. The zero-order valence-corrected chi connectivity index (χ0v) is 12.0. The smallest absolute Gasteiger partial charge is 0.148 e. The summed E-state index contributed by atoms with van der Waals surface area (Å²) >= 11 is 0. The van der Waals surface area contributed by atoms with Crippen LogP contribution in [0.1, 0.15) is 24.1 Å². The molecule has 1 aliphatic carbocycles. The number of hydrogen-bond donors (Lipinski definition) is 1. The number of fused-ring (bicyclic) bond motifs is 1. The largest absolute Gasteiger partial charge is 0.493 e. The van der Waals surface area contributed by atoms with E-state index in [0.29, 0.717) is 12.0 Å². The van der Waals surface area contributed by atoms with Gasteiger partial charge >= 0.3 is 0 Å². The number of nitrogens with one attached hydrogen (secondary N) is 1. The van der Waals surface area contributed by atoms with Crippen molar-refractivity contribution in [2.75, 3.05) is 11.9 Å². The summed E-state index contributed by atoms with van der Waals surface area (Å²) in [5, 5.41) is 12.0. The summed E-state index contributed by atoms with van der Waals surface area (Å²) in [6, 6.07) is 13.0. The number of anilines is 1. The van der Waals surface area contributed by atoms with Gasteiger partial charge in [-0.2, -0.15) is 5.10 Å². The lowest BCUT2D eigenvalue weighted by Gasteiger charge is -2.24. The zero-order chi connectivity index (χ0) is 14.1. The molecule has 0 saturated heterocycles. The Bertz CT molecular complexity index is 622. The summed E-state index contributed by atoms with van der Waals surface area (Å²) in [5.74, 6) is 2.41. The van der Waals surface area contributed by atoms with E-state index in [1.807, 2.05) is 18.2 Å². The van der Waals surface area contributed by atoms with Gasteiger partial charge in [0.2, 0.25) is 0 Å². The molecule has 4 nitrogen and oxygen atoms in total. The number of para-hydroxylation sites is 1. The van der Waals surface area contributed by atoms with Crippen LogP contribution < -0.4 is 10.1 Å². The van der Waals surface area contributed by atoms with Crippen molar-refractivity contribution in [1.82, 2.24) is 10.2 Å². The molecule has 1 unspecified atom stereocenters. The lowest BCUT2D eigenvalue weighted by molar-refractivity contribution is 0.220. The van der Waals surface area contributed by atoms with Crippen molar-refractivity contribution >= 4 is 5.82 Å². The minimum absolute atomic E-state index is 0.483. The van der Waals surface area contributed by atoms with Crippen LogP contribution >= 0.6 is 0 Å². The first kappa shape index (κ1) is 12.6. The highest BCUT2D eigenvalue weighted by molar-refractivity contribution is 5.37. The van der Waals surface area contributed by atoms with Crippen LogP contribution in [0.2, 0.25) is 0 Å². The van der Waals surface area contributed by atoms with Crippen molar-refractivity contribution in [3.8, 4) is 5.75 Å². The van der Waals surface area contributed by atoms with Gasteiger partial charge in [0, 0.05) is 12.0 Å². The Morgan fingerprint density at radius 1 is 1.10 bits per heavy atom. The quantitative estimate of drug-likeness (QED) is 0.936. The van der Waals surface area contributed by atoms with Crippen LogP contribution in [-0.4, -0.2) is 22.8 Å². The van der Waals surface area contributed by atoms with Gasteiger partial charge in [0.05, 0.1) is 12.3 Å². The molecule has 1 saturated carbocycles. The van der Waals surface area contributed by atoms with E-state index >= 15 is 0 Å². The van der Waals surface area contributed by atoms with E-state index in [1.54, 1.807) is 0 Å². The summed E-state index contributed by atoms with van der Waals surface area (Å²) < 4.78 is 5.83. The maximum atomic E-state index is 5.83. The molecule has 2 aromatic rings. The third-order valence-corrected chi connectivity index (χ3v) is 4.10. The third kappa shape index (κ3) is 2.99. The second kappa shape index (κ2) is 5.35. The fourth-order valence-electron chi connectivity index (χ4n) is 2.80. The summed E-state index contributed by atoms with van der Waals surface area (Å²) in [4.78, 5) is 0. The van der Waals surface area contributed by atoms with E-state index in [-0.39, 0.29) is 0 Å². The van der Waals surface area contributed by atoms with Gasteiger partial charge in [-0.15, -0.1) is 5.10 Å². The van der Waals surface area contributed by atoms with Crippen molar-refractivity contribution in [3.05, 3.63) is 47.7 Å². The Labute approximate surface area is 124 Å². The molecule has 108 valence electrons. The number of benzene rings is 1. The fraction of sp³-hybridized carbons (Fsp3) is 0.412. The Kier molecular flexibility index (Phi) is 3.22. The molecule has 1 N–H and O–H groups in total. The van der Waals surface area contributed by atoms with Crippen molar-refractivity contribution in [2.45, 2.75) is 31.7 Å². The monoisotopic (exact) mass is 281 g/mol. The predicted molar refractivity (Wildman–Crippen MR) is 81.5 cm³/mol. The highest BCUT2D eigenvalue weighted by Gasteiger charge is 2.22. The molecular formula is C17H19N3O. The number of rotatable bonds is 4. The Morgan fingerprint density at radius 3 is 2.81 bits per heavy atom. The third-order valence-electron chi connectivity index (χ3n) is 4.10. The average Bonchev–Trinajstić information content (AvgIpc) is 3.33. The van der Waals surface area contributed by atoms with Crippen molar-refractivity contribution < 1.29 is 4.74 Å². The van der Waals surface area contributed by atoms with Gasteiger partial charge in [-0.3, -0.25) is 0 Å². The molecule has 2 heterocycles. The van der Waals surface area contributed by atoms with E-state index in [1.165, 1.54) is 18.4 Å². The Hall–Kier alpha value is -2.10. The van der Waals surface area contributed by atoms with Gasteiger partial charge in [-0.25, -0.2) is 0 Å². The standard InChI is InChI=1S/C17H19N3O/c1-2-4-16-13(3-1)9-12(11-21-16)10-15-7-8-17(20-19-15)18-14-5-6-14/h1-4,7-8,12,14H,5-6,9-11H2,(H,18,20). The Balaban J connectivity index is 1.39. The molecule has 1 atom stereocenters. The van der Waals surface area contributed by atoms with Crippen LogP contribution in [-0.2, 0) is 12.8 Å². The average molecular weight is 281 g/mol. The number of ether oxygens (including phenoxy) is 1. The minimum atomic E-state index is 0.483. The van der Waals surface area contributed by atoms with Crippen molar-refractivity contribution in [1.29, 1.82) is 0 Å². The molecule has 0 radical (unpaired) electrons. The molecule has 4 heteroatoms. The van der Waals surface area contributed by atoms with Crippen LogP contribution in [0.3, 0.4) is 0 Å².